The molecule has 0 saturated heterocycles. The minimum absolute atomic E-state index is 0.0375. The minimum atomic E-state index is -0.0375. The van der Waals surface area contributed by atoms with Crippen LogP contribution < -0.4 is 0 Å². The highest BCUT2D eigenvalue weighted by Gasteiger charge is 2.11. The Morgan fingerprint density at radius 2 is 2.25 bits per heavy atom. The van der Waals surface area contributed by atoms with E-state index in [-0.39, 0.29) is 5.78 Å². The van der Waals surface area contributed by atoms with Gasteiger partial charge in [-0.3, -0.25) is 9.20 Å². The van der Waals surface area contributed by atoms with Gasteiger partial charge in [-0.25, -0.2) is 4.98 Å². The predicted octanol–water partition coefficient (Wildman–Crippen LogP) is 3.28. The molecule has 2 heterocycles. The van der Waals surface area contributed by atoms with Crippen molar-refractivity contribution in [1.82, 2.24) is 9.38 Å². The SMILES string of the molecule is CC=CC(=O)c1cn2cc(C(C)C)sc2n1. The van der Waals surface area contributed by atoms with Crippen LogP contribution >= 0.6 is 11.3 Å². The van der Waals surface area contributed by atoms with Gasteiger partial charge in [0.15, 0.2) is 4.96 Å². The molecule has 0 aliphatic carbocycles. The van der Waals surface area contributed by atoms with Gasteiger partial charge < -0.3 is 0 Å². The smallest absolute Gasteiger partial charge is 0.205 e. The lowest BCUT2D eigenvalue weighted by atomic mass is 10.2. The van der Waals surface area contributed by atoms with Crippen LogP contribution in [0.5, 0.6) is 0 Å². The van der Waals surface area contributed by atoms with E-state index in [1.807, 2.05) is 17.5 Å². The van der Waals surface area contributed by atoms with Gasteiger partial charge in [-0.15, -0.1) is 11.3 Å². The standard InChI is InChI=1S/C12H14N2OS/c1-4-5-10(15)9-6-14-7-11(8(2)3)16-12(14)13-9/h4-8H,1-3H3. The third-order valence-electron chi connectivity index (χ3n) is 2.31. The molecule has 0 fully saturated rings. The Morgan fingerprint density at radius 3 is 2.81 bits per heavy atom. The summed E-state index contributed by atoms with van der Waals surface area (Å²) in [4.78, 5) is 18.1. The first-order chi connectivity index (χ1) is 7.61. The molecule has 0 aliphatic heterocycles. The molecular weight excluding hydrogens is 220 g/mol. The molecule has 0 bridgehead atoms. The Morgan fingerprint density at radius 1 is 1.50 bits per heavy atom. The van der Waals surface area contributed by atoms with Gasteiger partial charge in [-0.2, -0.15) is 0 Å². The second-order valence-electron chi connectivity index (χ2n) is 3.97. The number of aromatic nitrogens is 2. The zero-order chi connectivity index (χ0) is 11.7. The Labute approximate surface area is 98.4 Å². The summed E-state index contributed by atoms with van der Waals surface area (Å²) in [7, 11) is 0. The molecule has 0 aliphatic rings. The first-order valence-corrected chi connectivity index (χ1v) is 6.09. The van der Waals surface area contributed by atoms with Crippen LogP contribution in [0.15, 0.2) is 24.5 Å². The number of fused-ring (bicyclic) bond motifs is 1. The largest absolute Gasteiger partial charge is 0.297 e. The van der Waals surface area contributed by atoms with Crippen LogP contribution in [-0.2, 0) is 0 Å². The topological polar surface area (TPSA) is 34.4 Å². The number of imidazole rings is 1. The quantitative estimate of drug-likeness (QED) is 0.603. The predicted molar refractivity (Wildman–Crippen MR) is 66.3 cm³/mol. The van der Waals surface area contributed by atoms with Crippen LogP contribution in [-0.4, -0.2) is 15.2 Å². The van der Waals surface area contributed by atoms with Crippen molar-refractivity contribution in [3.05, 3.63) is 35.1 Å². The van der Waals surface area contributed by atoms with Gasteiger partial charge in [-0.1, -0.05) is 19.9 Å². The van der Waals surface area contributed by atoms with Gasteiger partial charge in [0.1, 0.15) is 5.69 Å². The van der Waals surface area contributed by atoms with Crippen molar-refractivity contribution >= 4 is 22.1 Å². The number of nitrogens with zero attached hydrogens (tertiary/aromatic N) is 2. The average Bonchev–Trinajstić information content (AvgIpc) is 2.73. The molecule has 0 unspecified atom stereocenters. The van der Waals surface area contributed by atoms with E-state index < -0.39 is 0 Å². The van der Waals surface area contributed by atoms with Gasteiger partial charge >= 0.3 is 0 Å². The summed E-state index contributed by atoms with van der Waals surface area (Å²) < 4.78 is 1.93. The molecule has 0 radical (unpaired) electrons. The monoisotopic (exact) mass is 234 g/mol. The first-order valence-electron chi connectivity index (χ1n) is 5.27. The summed E-state index contributed by atoms with van der Waals surface area (Å²) in [6.45, 7) is 6.13. The molecular formula is C12H14N2OS. The Hall–Kier alpha value is -1.42. The van der Waals surface area contributed by atoms with E-state index in [2.05, 4.69) is 18.8 Å². The molecule has 16 heavy (non-hydrogen) atoms. The number of rotatable bonds is 3. The van der Waals surface area contributed by atoms with E-state index >= 15 is 0 Å². The highest BCUT2D eigenvalue weighted by atomic mass is 32.1. The number of carbonyl (C=O) groups excluding carboxylic acids is 1. The maximum atomic E-state index is 11.6. The fourth-order valence-electron chi connectivity index (χ4n) is 1.44. The molecule has 0 saturated carbocycles. The van der Waals surface area contributed by atoms with Crippen molar-refractivity contribution in [3.63, 3.8) is 0 Å². The van der Waals surface area contributed by atoms with Crippen molar-refractivity contribution < 1.29 is 4.79 Å². The maximum absolute atomic E-state index is 11.6. The molecule has 2 aromatic heterocycles. The molecule has 0 atom stereocenters. The summed E-state index contributed by atoms with van der Waals surface area (Å²) in [5.74, 6) is 0.464. The lowest BCUT2D eigenvalue weighted by molar-refractivity contribution is 0.104. The lowest BCUT2D eigenvalue weighted by Crippen LogP contribution is -1.93. The van der Waals surface area contributed by atoms with Crippen LogP contribution in [0, 0.1) is 0 Å². The van der Waals surface area contributed by atoms with E-state index in [1.165, 1.54) is 11.0 Å². The fourth-order valence-corrected chi connectivity index (χ4v) is 2.40. The molecule has 0 amide bonds. The maximum Gasteiger partial charge on any atom is 0.205 e. The molecule has 2 aromatic rings. The van der Waals surface area contributed by atoms with E-state index in [4.69, 9.17) is 0 Å². The Bertz CT molecular complexity index is 517. The number of hydrogen-bond donors (Lipinski definition) is 0. The van der Waals surface area contributed by atoms with Crippen LogP contribution in [0.2, 0.25) is 0 Å². The number of carbonyl (C=O) groups is 1. The molecule has 0 aromatic carbocycles. The molecule has 4 heteroatoms. The second kappa shape index (κ2) is 4.22. The van der Waals surface area contributed by atoms with Crippen LogP contribution in [0.3, 0.4) is 0 Å². The number of thiazole rings is 1. The third-order valence-corrected chi connectivity index (χ3v) is 3.61. The van der Waals surface area contributed by atoms with Gasteiger partial charge in [0.2, 0.25) is 5.78 Å². The minimum Gasteiger partial charge on any atom is -0.297 e. The molecule has 0 spiro atoms. The summed E-state index contributed by atoms with van der Waals surface area (Å²) >= 11 is 1.64. The van der Waals surface area contributed by atoms with E-state index in [9.17, 15) is 4.79 Å². The summed E-state index contributed by atoms with van der Waals surface area (Å²) in [5.41, 5.74) is 0.514. The molecule has 2 rings (SSSR count). The van der Waals surface area contributed by atoms with Gasteiger partial charge in [0.05, 0.1) is 0 Å². The zero-order valence-corrected chi connectivity index (χ0v) is 10.4. The van der Waals surface area contributed by atoms with Crippen molar-refractivity contribution in [3.8, 4) is 0 Å². The van der Waals surface area contributed by atoms with E-state index in [1.54, 1.807) is 23.6 Å². The number of hydrogen-bond acceptors (Lipinski definition) is 3. The highest BCUT2D eigenvalue weighted by Crippen LogP contribution is 2.24. The highest BCUT2D eigenvalue weighted by molar-refractivity contribution is 7.17. The van der Waals surface area contributed by atoms with E-state index in [0.717, 1.165) is 4.96 Å². The molecule has 84 valence electrons. The Kier molecular flexibility index (Phi) is 2.92. The lowest BCUT2D eigenvalue weighted by Gasteiger charge is -1.95. The number of ketones is 1. The fraction of sp³-hybridized carbons (Fsp3) is 0.333. The van der Waals surface area contributed by atoms with Gasteiger partial charge in [-0.05, 0) is 18.9 Å². The van der Waals surface area contributed by atoms with Crippen molar-refractivity contribution in [1.29, 1.82) is 0 Å². The average molecular weight is 234 g/mol. The van der Waals surface area contributed by atoms with E-state index in [0.29, 0.717) is 11.6 Å². The zero-order valence-electron chi connectivity index (χ0n) is 9.60. The van der Waals surface area contributed by atoms with Gasteiger partial charge in [0, 0.05) is 17.3 Å². The van der Waals surface area contributed by atoms with Crippen molar-refractivity contribution in [2.45, 2.75) is 26.7 Å². The van der Waals surface area contributed by atoms with Crippen LogP contribution in [0.25, 0.3) is 4.96 Å². The molecule has 3 nitrogen and oxygen atoms in total. The number of allylic oxidation sites excluding steroid dienone is 2. The first kappa shape index (κ1) is 11.1. The second-order valence-corrected chi connectivity index (χ2v) is 5.01. The Balaban J connectivity index is 2.39. The van der Waals surface area contributed by atoms with Crippen molar-refractivity contribution in [2.24, 2.45) is 0 Å². The molecule has 0 N–H and O–H groups in total. The van der Waals surface area contributed by atoms with Crippen LogP contribution in [0.4, 0.5) is 0 Å². The summed E-state index contributed by atoms with van der Waals surface area (Å²) in [5, 5.41) is 0. The van der Waals surface area contributed by atoms with Gasteiger partial charge in [0.25, 0.3) is 0 Å². The third kappa shape index (κ3) is 1.93. The summed E-state index contributed by atoms with van der Waals surface area (Å²) in [6.07, 6.45) is 7.11. The normalized spacial score (nSPS) is 12.0. The van der Waals surface area contributed by atoms with Crippen LogP contribution in [0.1, 0.15) is 42.1 Å². The van der Waals surface area contributed by atoms with Crippen molar-refractivity contribution in [2.75, 3.05) is 0 Å². The summed E-state index contributed by atoms with van der Waals surface area (Å²) in [6, 6.07) is 0.